The molecule has 1 saturated heterocycles. The summed E-state index contributed by atoms with van der Waals surface area (Å²) in [6.07, 6.45) is -1.09. The van der Waals surface area contributed by atoms with E-state index in [4.69, 9.17) is 19.9 Å². The number of aromatic nitrogens is 4. The predicted octanol–water partition coefficient (Wildman–Crippen LogP) is 0.977. The topological polar surface area (TPSA) is 149 Å². The molecule has 0 bridgehead atoms. The van der Waals surface area contributed by atoms with Crippen LogP contribution in [0.3, 0.4) is 0 Å². The number of nitrogens with two attached hydrogens (primary N) is 1. The quantitative estimate of drug-likeness (QED) is 0.529. The Balaban J connectivity index is 1.71. The molecule has 1 aliphatic rings. The Morgan fingerprint density at radius 1 is 1.09 bits per heavy atom. The van der Waals surface area contributed by atoms with Crippen molar-refractivity contribution in [2.24, 2.45) is 0 Å². The molecule has 0 spiro atoms. The van der Waals surface area contributed by atoms with E-state index in [1.165, 1.54) is 31.1 Å². The molecular weight excluding hydrogens is 438 g/mol. The van der Waals surface area contributed by atoms with Crippen molar-refractivity contribution in [2.75, 3.05) is 11.5 Å². The summed E-state index contributed by atoms with van der Waals surface area (Å²) < 4.78 is 31.6. The summed E-state index contributed by atoms with van der Waals surface area (Å²) in [6, 6.07) is 8.84. The highest BCUT2D eigenvalue weighted by Gasteiger charge is 2.51. The number of anilines is 1. The van der Waals surface area contributed by atoms with Gasteiger partial charge in [-0.3, -0.25) is 18.4 Å². The van der Waals surface area contributed by atoms with Crippen molar-refractivity contribution < 1.29 is 28.0 Å². The van der Waals surface area contributed by atoms with E-state index in [1.807, 2.05) is 6.07 Å². The maximum atomic E-state index is 12.9. The molecule has 3 heterocycles. The highest BCUT2D eigenvalue weighted by atomic mass is 32.2. The van der Waals surface area contributed by atoms with Crippen LogP contribution in [-0.2, 0) is 34.6 Å². The van der Waals surface area contributed by atoms with Gasteiger partial charge in [0, 0.05) is 18.7 Å². The third kappa shape index (κ3) is 4.32. The van der Waals surface area contributed by atoms with Crippen LogP contribution in [0.4, 0.5) is 5.82 Å². The Bertz CT molecular complexity index is 1170. The molecule has 1 fully saturated rings. The van der Waals surface area contributed by atoms with Gasteiger partial charge < -0.3 is 19.9 Å². The van der Waals surface area contributed by atoms with Crippen molar-refractivity contribution in [1.29, 1.82) is 0 Å². The van der Waals surface area contributed by atoms with E-state index in [0.29, 0.717) is 16.1 Å². The monoisotopic (exact) mass is 459 g/mol. The Hall–Kier alpha value is -3.38. The Kier molecular flexibility index (Phi) is 6.15. The van der Waals surface area contributed by atoms with Crippen molar-refractivity contribution in [3.05, 3.63) is 43.0 Å². The molecule has 0 amide bonds. The molecule has 2 aromatic heterocycles. The number of hydrogen-bond acceptors (Lipinski definition) is 10. The number of carbonyl (C=O) groups is 2. The average molecular weight is 459 g/mol. The van der Waals surface area contributed by atoms with Crippen molar-refractivity contribution >= 4 is 39.7 Å². The predicted molar refractivity (Wildman–Crippen MR) is 112 cm³/mol. The maximum absolute atomic E-state index is 12.9. The van der Waals surface area contributed by atoms with Gasteiger partial charge in [0.1, 0.15) is 17.9 Å². The van der Waals surface area contributed by atoms with Crippen LogP contribution in [0.15, 0.2) is 47.9 Å². The third-order valence-corrected chi connectivity index (χ3v) is 6.30. The molecule has 4 rings (SSSR count). The van der Waals surface area contributed by atoms with Crippen LogP contribution in [0.25, 0.3) is 11.2 Å². The number of esters is 2. The lowest BCUT2D eigenvalue weighted by Crippen LogP contribution is -2.40. The van der Waals surface area contributed by atoms with E-state index in [9.17, 15) is 13.8 Å². The number of nitrogens with zero attached hydrogens (tertiary/aromatic N) is 4. The van der Waals surface area contributed by atoms with Gasteiger partial charge >= 0.3 is 11.9 Å². The zero-order valence-corrected chi connectivity index (χ0v) is 18.1. The fourth-order valence-corrected chi connectivity index (χ4v) is 4.81. The van der Waals surface area contributed by atoms with E-state index in [1.54, 1.807) is 24.3 Å². The standard InChI is InChI=1S/C20H21N5O6S/c1-11(26)29-16-14(8-32(28)13-6-4-3-5-7-13)31-20(17(16)30-12(2)27)25-10-24-15-18(21)22-9-23-19(15)25/h3-7,9-10,14,16-17,20H,8H2,1-2H3,(H2,21,22,23)/t14-,16-,17-,20-,32?/m1/s1. The molecule has 2 N–H and O–H groups in total. The van der Waals surface area contributed by atoms with Crippen molar-refractivity contribution in [3.63, 3.8) is 0 Å². The number of nitrogen functional groups attached to an aromatic ring is 1. The molecule has 0 radical (unpaired) electrons. The summed E-state index contributed by atoms with van der Waals surface area (Å²) in [4.78, 5) is 36.6. The Morgan fingerprint density at radius 2 is 1.78 bits per heavy atom. The number of ether oxygens (including phenoxy) is 3. The minimum absolute atomic E-state index is 0.0139. The highest BCUT2D eigenvalue weighted by Crippen LogP contribution is 2.36. The molecule has 1 unspecified atom stereocenters. The van der Waals surface area contributed by atoms with Crippen molar-refractivity contribution in [1.82, 2.24) is 19.5 Å². The first-order chi connectivity index (χ1) is 15.3. The molecule has 32 heavy (non-hydrogen) atoms. The molecule has 12 heteroatoms. The van der Waals surface area contributed by atoms with Gasteiger partial charge in [0.05, 0.1) is 22.9 Å². The highest BCUT2D eigenvalue weighted by molar-refractivity contribution is 7.85. The van der Waals surface area contributed by atoms with Crippen molar-refractivity contribution in [2.45, 2.75) is 43.3 Å². The van der Waals surface area contributed by atoms with Gasteiger partial charge in [-0.1, -0.05) is 18.2 Å². The van der Waals surface area contributed by atoms with Gasteiger partial charge in [0.25, 0.3) is 0 Å². The molecule has 1 aromatic carbocycles. The van der Waals surface area contributed by atoms with Gasteiger partial charge in [0.2, 0.25) is 0 Å². The van der Waals surface area contributed by atoms with Gasteiger partial charge in [-0.05, 0) is 12.1 Å². The number of rotatable bonds is 6. The molecule has 1 aliphatic heterocycles. The molecule has 0 aliphatic carbocycles. The van der Waals surface area contributed by atoms with E-state index < -0.39 is 47.3 Å². The van der Waals surface area contributed by atoms with E-state index in [-0.39, 0.29) is 11.6 Å². The van der Waals surface area contributed by atoms with Gasteiger partial charge in [-0.15, -0.1) is 0 Å². The third-order valence-electron chi connectivity index (χ3n) is 4.87. The van der Waals surface area contributed by atoms with Crippen LogP contribution in [0.5, 0.6) is 0 Å². The second-order valence-electron chi connectivity index (χ2n) is 7.12. The SMILES string of the molecule is CC(=O)O[C@@H]1[C@H](OC(C)=O)[C@@H](CS(=O)c2ccccc2)O[C@H]1n1cnc2c(N)ncnc21. The zero-order valence-electron chi connectivity index (χ0n) is 17.3. The summed E-state index contributed by atoms with van der Waals surface area (Å²) in [6.45, 7) is 2.48. The largest absolute Gasteiger partial charge is 0.456 e. The minimum atomic E-state index is -1.46. The van der Waals surface area contributed by atoms with Gasteiger partial charge in [-0.2, -0.15) is 0 Å². The molecule has 0 saturated carbocycles. The maximum Gasteiger partial charge on any atom is 0.303 e. The lowest BCUT2D eigenvalue weighted by atomic mass is 10.1. The van der Waals surface area contributed by atoms with Crippen LogP contribution in [0.2, 0.25) is 0 Å². The van der Waals surface area contributed by atoms with Gasteiger partial charge in [-0.25, -0.2) is 15.0 Å². The summed E-state index contributed by atoms with van der Waals surface area (Å²) in [5.41, 5.74) is 6.57. The Morgan fingerprint density at radius 3 is 2.47 bits per heavy atom. The van der Waals surface area contributed by atoms with Crippen LogP contribution in [-0.4, -0.2) is 59.7 Å². The average Bonchev–Trinajstić information content (AvgIpc) is 3.31. The number of benzene rings is 1. The fraction of sp³-hybridized carbons (Fsp3) is 0.350. The number of fused-ring (bicyclic) bond motifs is 1. The van der Waals surface area contributed by atoms with E-state index in [0.717, 1.165) is 0 Å². The number of hydrogen-bond donors (Lipinski definition) is 1. The lowest BCUT2D eigenvalue weighted by Gasteiger charge is -2.23. The second kappa shape index (κ2) is 9.01. The van der Waals surface area contributed by atoms with Gasteiger partial charge in [0.15, 0.2) is 29.9 Å². The smallest absolute Gasteiger partial charge is 0.303 e. The number of imidazole rings is 1. The lowest BCUT2D eigenvalue weighted by molar-refractivity contribution is -0.165. The molecule has 11 nitrogen and oxygen atoms in total. The van der Waals surface area contributed by atoms with Crippen LogP contribution in [0.1, 0.15) is 20.1 Å². The van der Waals surface area contributed by atoms with E-state index >= 15 is 0 Å². The first-order valence-corrected chi connectivity index (χ1v) is 11.0. The Labute approximate surface area is 185 Å². The summed E-state index contributed by atoms with van der Waals surface area (Å²) in [5.74, 6) is -0.993. The molecule has 168 valence electrons. The minimum Gasteiger partial charge on any atom is -0.456 e. The molecule has 3 aromatic rings. The summed E-state index contributed by atoms with van der Waals surface area (Å²) >= 11 is 0. The fourth-order valence-electron chi connectivity index (χ4n) is 3.59. The second-order valence-corrected chi connectivity index (χ2v) is 8.62. The zero-order chi connectivity index (χ0) is 22.8. The normalized spacial score (nSPS) is 23.7. The van der Waals surface area contributed by atoms with Crippen LogP contribution < -0.4 is 5.73 Å². The summed E-state index contributed by atoms with van der Waals surface area (Å²) in [7, 11) is -1.46. The number of carbonyl (C=O) groups excluding carboxylic acids is 2. The molecular formula is C20H21N5O6S. The van der Waals surface area contributed by atoms with Crippen LogP contribution in [0, 0.1) is 0 Å². The molecule has 5 atom stereocenters. The van der Waals surface area contributed by atoms with Crippen molar-refractivity contribution in [3.8, 4) is 0 Å². The van der Waals surface area contributed by atoms with Crippen LogP contribution >= 0.6 is 0 Å². The first kappa shape index (κ1) is 21.8. The van der Waals surface area contributed by atoms with E-state index in [2.05, 4.69) is 15.0 Å². The first-order valence-electron chi connectivity index (χ1n) is 9.71. The summed E-state index contributed by atoms with van der Waals surface area (Å²) in [5, 5.41) is 0.